The maximum absolute atomic E-state index is 12.9. The minimum absolute atomic E-state index is 0.0819. The van der Waals surface area contributed by atoms with Crippen molar-refractivity contribution in [3.63, 3.8) is 0 Å². The van der Waals surface area contributed by atoms with Gasteiger partial charge in [-0.2, -0.15) is 0 Å². The van der Waals surface area contributed by atoms with Crippen molar-refractivity contribution in [3.05, 3.63) is 29.8 Å². The fourth-order valence-electron chi connectivity index (χ4n) is 2.99. The lowest BCUT2D eigenvalue weighted by molar-refractivity contribution is -0.123. The molecule has 0 aromatic heterocycles. The Morgan fingerprint density at radius 2 is 2.00 bits per heavy atom. The van der Waals surface area contributed by atoms with E-state index in [1.54, 1.807) is 13.2 Å². The van der Waals surface area contributed by atoms with Crippen molar-refractivity contribution in [3.8, 4) is 0 Å². The predicted molar refractivity (Wildman–Crippen MR) is 105 cm³/mol. The highest BCUT2D eigenvalue weighted by Crippen LogP contribution is 2.31. The first-order valence-corrected chi connectivity index (χ1v) is 9.41. The molecule has 0 fully saturated rings. The lowest BCUT2D eigenvalue weighted by Gasteiger charge is -2.27. The van der Waals surface area contributed by atoms with Gasteiger partial charge in [0.05, 0.1) is 18.8 Å². The van der Waals surface area contributed by atoms with Gasteiger partial charge >= 0.3 is 6.09 Å². The zero-order valence-corrected chi connectivity index (χ0v) is 16.9. The van der Waals surface area contributed by atoms with Gasteiger partial charge in [-0.1, -0.05) is 32.0 Å². The summed E-state index contributed by atoms with van der Waals surface area (Å²) in [5.41, 5.74) is 1.35. The molecule has 1 aromatic rings. The third-order valence-electron chi connectivity index (χ3n) is 4.52. The highest BCUT2D eigenvalue weighted by atomic mass is 16.6. The van der Waals surface area contributed by atoms with Gasteiger partial charge < -0.3 is 24.6 Å². The Kier molecular flexibility index (Phi) is 7.80. The van der Waals surface area contributed by atoms with E-state index in [0.717, 1.165) is 5.56 Å². The van der Waals surface area contributed by atoms with Crippen LogP contribution in [-0.4, -0.2) is 63.2 Å². The largest absolute Gasteiger partial charge is 0.449 e. The minimum atomic E-state index is -0.471. The molecule has 1 aromatic carbocycles. The second-order valence-electron chi connectivity index (χ2n) is 7.10. The van der Waals surface area contributed by atoms with Gasteiger partial charge in [0, 0.05) is 32.7 Å². The molecule has 1 aliphatic rings. The van der Waals surface area contributed by atoms with Crippen LogP contribution in [0.2, 0.25) is 0 Å². The van der Waals surface area contributed by atoms with Gasteiger partial charge in [0.15, 0.2) is 0 Å². The standard InChI is InChI=1S/C20H29N3O5/c1-14(2)13-28-20(26)22-10-9-19(25)23(12-18(24)21-3)16-8-6-5-7-15(16)17(11-22)27-4/h5-8,14,17H,9-13H2,1-4H3,(H,21,24). The number of benzene rings is 1. The number of anilines is 1. The Balaban J connectivity index is 2.36. The van der Waals surface area contributed by atoms with E-state index >= 15 is 0 Å². The molecule has 0 bridgehead atoms. The van der Waals surface area contributed by atoms with Gasteiger partial charge in [-0.15, -0.1) is 0 Å². The molecule has 8 heteroatoms. The molecule has 1 heterocycles. The van der Waals surface area contributed by atoms with Gasteiger partial charge in [0.25, 0.3) is 0 Å². The summed E-state index contributed by atoms with van der Waals surface area (Å²) in [4.78, 5) is 40.3. The fourth-order valence-corrected chi connectivity index (χ4v) is 2.99. The van der Waals surface area contributed by atoms with Crippen LogP contribution in [-0.2, 0) is 19.1 Å². The van der Waals surface area contributed by atoms with Gasteiger partial charge in [-0.25, -0.2) is 4.79 Å². The van der Waals surface area contributed by atoms with Crippen molar-refractivity contribution >= 4 is 23.6 Å². The second kappa shape index (κ2) is 10.1. The van der Waals surface area contributed by atoms with Crippen LogP contribution in [0.25, 0.3) is 0 Å². The van der Waals surface area contributed by atoms with Crippen LogP contribution in [0.15, 0.2) is 24.3 Å². The number of nitrogens with one attached hydrogen (secondary N) is 1. The van der Waals surface area contributed by atoms with Crippen LogP contribution in [0.5, 0.6) is 0 Å². The number of nitrogens with zero attached hydrogens (tertiary/aromatic N) is 2. The molecular weight excluding hydrogens is 362 g/mol. The summed E-state index contributed by atoms with van der Waals surface area (Å²) in [6.07, 6.45) is -0.847. The maximum atomic E-state index is 12.9. The number of fused-ring (bicyclic) bond motifs is 1. The predicted octanol–water partition coefficient (Wildman–Crippen LogP) is 1.95. The molecule has 0 saturated heterocycles. The number of ether oxygens (including phenoxy) is 2. The summed E-state index contributed by atoms with van der Waals surface area (Å²) in [6, 6.07) is 7.28. The van der Waals surface area contributed by atoms with E-state index in [0.29, 0.717) is 12.3 Å². The van der Waals surface area contributed by atoms with E-state index in [1.807, 2.05) is 32.0 Å². The summed E-state index contributed by atoms with van der Waals surface area (Å²) in [6.45, 7) is 4.57. The Labute approximate surface area is 165 Å². The van der Waals surface area contributed by atoms with E-state index in [9.17, 15) is 14.4 Å². The molecule has 0 saturated carbocycles. The summed E-state index contributed by atoms with van der Waals surface area (Å²) in [7, 11) is 3.08. The number of hydrogen-bond acceptors (Lipinski definition) is 5. The first-order chi connectivity index (χ1) is 13.4. The molecule has 0 radical (unpaired) electrons. The van der Waals surface area contributed by atoms with Crippen LogP contribution < -0.4 is 10.2 Å². The topological polar surface area (TPSA) is 88.2 Å². The van der Waals surface area contributed by atoms with Crippen LogP contribution in [0.4, 0.5) is 10.5 Å². The van der Waals surface area contributed by atoms with Gasteiger partial charge in [0.2, 0.25) is 11.8 Å². The Hall–Kier alpha value is -2.61. The van der Waals surface area contributed by atoms with E-state index in [-0.39, 0.29) is 43.8 Å². The summed E-state index contributed by atoms with van der Waals surface area (Å²) in [5, 5.41) is 2.55. The number of amides is 3. The monoisotopic (exact) mass is 391 g/mol. The summed E-state index contributed by atoms with van der Waals surface area (Å²) in [5.74, 6) is -0.302. The Morgan fingerprint density at radius 3 is 2.64 bits per heavy atom. The third kappa shape index (κ3) is 5.45. The Bertz CT molecular complexity index is 707. The molecular formula is C20H29N3O5. The molecule has 1 atom stereocenters. The van der Waals surface area contributed by atoms with Gasteiger partial charge in [-0.3, -0.25) is 9.59 Å². The van der Waals surface area contributed by atoms with Crippen LogP contribution in [0.1, 0.15) is 31.9 Å². The quantitative estimate of drug-likeness (QED) is 0.829. The normalized spacial score (nSPS) is 17.5. The smallest absolute Gasteiger partial charge is 0.409 e. The SMILES string of the molecule is CNC(=O)CN1C(=O)CCN(C(=O)OCC(C)C)CC(OC)c2ccccc21. The molecule has 28 heavy (non-hydrogen) atoms. The molecule has 0 aliphatic carbocycles. The highest BCUT2D eigenvalue weighted by molar-refractivity contribution is 5.99. The molecule has 1 aliphatic heterocycles. The van der Waals surface area contributed by atoms with E-state index in [2.05, 4.69) is 5.32 Å². The zero-order valence-electron chi connectivity index (χ0n) is 16.9. The molecule has 2 rings (SSSR count). The number of rotatable bonds is 5. The van der Waals surface area contributed by atoms with Crippen molar-refractivity contribution in [2.45, 2.75) is 26.4 Å². The van der Waals surface area contributed by atoms with Crippen molar-refractivity contribution in [2.24, 2.45) is 5.92 Å². The summed E-state index contributed by atoms with van der Waals surface area (Å²) >= 11 is 0. The maximum Gasteiger partial charge on any atom is 0.409 e. The fraction of sp³-hybridized carbons (Fsp3) is 0.550. The minimum Gasteiger partial charge on any atom is -0.449 e. The zero-order chi connectivity index (χ0) is 20.7. The van der Waals surface area contributed by atoms with E-state index < -0.39 is 12.2 Å². The third-order valence-corrected chi connectivity index (χ3v) is 4.52. The van der Waals surface area contributed by atoms with Crippen molar-refractivity contribution < 1.29 is 23.9 Å². The van der Waals surface area contributed by atoms with Crippen molar-refractivity contribution in [1.29, 1.82) is 0 Å². The van der Waals surface area contributed by atoms with Crippen LogP contribution in [0, 0.1) is 5.92 Å². The second-order valence-corrected chi connectivity index (χ2v) is 7.10. The average molecular weight is 391 g/mol. The first kappa shape index (κ1) is 21.7. The van der Waals surface area contributed by atoms with Crippen LogP contribution in [0.3, 0.4) is 0 Å². The van der Waals surface area contributed by atoms with Gasteiger partial charge in [-0.05, 0) is 12.0 Å². The number of likely N-dealkylation sites (N-methyl/N-ethyl adjacent to an activating group) is 1. The number of carbonyl (C=O) groups excluding carboxylic acids is 3. The molecule has 1 unspecified atom stereocenters. The molecule has 3 amide bonds. The Morgan fingerprint density at radius 1 is 1.29 bits per heavy atom. The molecule has 154 valence electrons. The van der Waals surface area contributed by atoms with Gasteiger partial charge in [0.1, 0.15) is 12.6 Å². The molecule has 1 N–H and O–H groups in total. The van der Waals surface area contributed by atoms with Crippen LogP contribution >= 0.6 is 0 Å². The number of methoxy groups -OCH3 is 1. The highest BCUT2D eigenvalue weighted by Gasteiger charge is 2.30. The lowest BCUT2D eigenvalue weighted by Crippen LogP contribution is -2.41. The summed E-state index contributed by atoms with van der Waals surface area (Å²) < 4.78 is 11.0. The first-order valence-electron chi connectivity index (χ1n) is 9.41. The van der Waals surface area contributed by atoms with E-state index in [1.165, 1.54) is 16.8 Å². The number of para-hydroxylation sites is 1. The molecule has 8 nitrogen and oxygen atoms in total. The average Bonchev–Trinajstić information content (AvgIpc) is 2.74. The van der Waals surface area contributed by atoms with Crippen molar-refractivity contribution in [1.82, 2.24) is 10.2 Å². The molecule has 0 spiro atoms. The number of hydrogen-bond donors (Lipinski definition) is 1. The van der Waals surface area contributed by atoms with E-state index in [4.69, 9.17) is 9.47 Å². The van der Waals surface area contributed by atoms with Crippen molar-refractivity contribution in [2.75, 3.05) is 45.3 Å². The number of carbonyl (C=O) groups is 3. The lowest BCUT2D eigenvalue weighted by atomic mass is 10.1.